The SMILES string of the molecule is CCCCC(CCCCCCCC(=O)O)C(=O)OCCO.N. The van der Waals surface area contributed by atoms with Gasteiger partial charge in [0.25, 0.3) is 0 Å². The fourth-order valence-corrected chi connectivity index (χ4v) is 2.29. The Morgan fingerprint density at radius 1 is 1.00 bits per heavy atom. The van der Waals surface area contributed by atoms with Gasteiger partial charge in [-0.15, -0.1) is 0 Å². The Labute approximate surface area is 133 Å². The van der Waals surface area contributed by atoms with E-state index in [1.54, 1.807) is 0 Å². The van der Waals surface area contributed by atoms with E-state index < -0.39 is 5.97 Å². The number of rotatable bonds is 14. The summed E-state index contributed by atoms with van der Waals surface area (Å²) in [6, 6.07) is 0. The zero-order valence-electron chi connectivity index (χ0n) is 13.9. The summed E-state index contributed by atoms with van der Waals surface area (Å²) >= 11 is 0. The van der Waals surface area contributed by atoms with Crippen molar-refractivity contribution in [1.29, 1.82) is 0 Å². The molecule has 0 heterocycles. The van der Waals surface area contributed by atoms with Crippen LogP contribution in [0.1, 0.15) is 71.1 Å². The van der Waals surface area contributed by atoms with Gasteiger partial charge in [0.2, 0.25) is 0 Å². The molecule has 1 unspecified atom stereocenters. The molecule has 0 aromatic rings. The van der Waals surface area contributed by atoms with Crippen LogP contribution in [0.15, 0.2) is 0 Å². The zero-order chi connectivity index (χ0) is 15.9. The Kier molecular flexibility index (Phi) is 17.1. The van der Waals surface area contributed by atoms with Crippen LogP contribution in [0.25, 0.3) is 0 Å². The van der Waals surface area contributed by atoms with Crippen molar-refractivity contribution in [3.05, 3.63) is 0 Å². The number of carbonyl (C=O) groups excluding carboxylic acids is 1. The molecule has 5 N–H and O–H groups in total. The Bertz CT molecular complexity index is 284. The van der Waals surface area contributed by atoms with Gasteiger partial charge in [0.05, 0.1) is 12.5 Å². The maximum atomic E-state index is 11.9. The number of hydrogen-bond donors (Lipinski definition) is 3. The molecule has 0 bridgehead atoms. The minimum absolute atomic E-state index is 0. The molecule has 0 saturated carbocycles. The van der Waals surface area contributed by atoms with Crippen molar-refractivity contribution >= 4 is 11.9 Å². The van der Waals surface area contributed by atoms with Crippen LogP contribution >= 0.6 is 0 Å². The van der Waals surface area contributed by atoms with Crippen molar-refractivity contribution in [2.24, 2.45) is 5.92 Å². The van der Waals surface area contributed by atoms with E-state index in [0.717, 1.165) is 57.8 Å². The van der Waals surface area contributed by atoms with Crippen molar-refractivity contribution in [2.45, 2.75) is 71.1 Å². The molecular formula is C16H33NO5. The fraction of sp³-hybridized carbons (Fsp3) is 0.875. The van der Waals surface area contributed by atoms with Crippen molar-refractivity contribution in [3.8, 4) is 0 Å². The van der Waals surface area contributed by atoms with Gasteiger partial charge in [-0.2, -0.15) is 0 Å². The van der Waals surface area contributed by atoms with Crippen LogP contribution in [-0.4, -0.2) is 35.4 Å². The number of aliphatic hydroxyl groups is 1. The average Bonchev–Trinajstić information content (AvgIpc) is 2.46. The maximum Gasteiger partial charge on any atom is 0.309 e. The first kappa shape index (κ1) is 23.1. The largest absolute Gasteiger partial charge is 0.481 e. The molecule has 0 spiro atoms. The van der Waals surface area contributed by atoms with Crippen LogP contribution in [-0.2, 0) is 14.3 Å². The predicted molar refractivity (Wildman–Crippen MR) is 86.0 cm³/mol. The number of aliphatic carboxylic acids is 1. The summed E-state index contributed by atoms with van der Waals surface area (Å²) < 4.78 is 5.02. The molecule has 1 atom stereocenters. The Hall–Kier alpha value is -1.14. The summed E-state index contributed by atoms with van der Waals surface area (Å²) in [6.45, 7) is 2.05. The standard InChI is InChI=1S/C16H30O5.H3N/c1-2-3-9-14(16(20)21-13-12-17)10-7-5-4-6-8-11-15(18)19;/h14,17H,2-13H2,1H3,(H,18,19);1H3. The third-order valence-electron chi connectivity index (χ3n) is 3.52. The van der Waals surface area contributed by atoms with Crippen LogP contribution in [0.5, 0.6) is 0 Å². The van der Waals surface area contributed by atoms with Gasteiger partial charge in [-0.3, -0.25) is 9.59 Å². The highest BCUT2D eigenvalue weighted by atomic mass is 16.5. The van der Waals surface area contributed by atoms with E-state index in [1.165, 1.54) is 0 Å². The van der Waals surface area contributed by atoms with Crippen molar-refractivity contribution < 1.29 is 24.5 Å². The third kappa shape index (κ3) is 13.8. The molecule has 0 amide bonds. The minimum atomic E-state index is -0.735. The second-order valence-corrected chi connectivity index (χ2v) is 5.43. The molecule has 6 nitrogen and oxygen atoms in total. The van der Waals surface area contributed by atoms with Crippen LogP contribution in [0.3, 0.4) is 0 Å². The number of unbranched alkanes of at least 4 members (excludes halogenated alkanes) is 5. The van der Waals surface area contributed by atoms with Crippen LogP contribution in [0, 0.1) is 5.92 Å². The lowest BCUT2D eigenvalue weighted by atomic mass is 9.95. The van der Waals surface area contributed by atoms with Crippen molar-refractivity contribution in [1.82, 2.24) is 6.15 Å². The molecule has 0 radical (unpaired) electrons. The Balaban J connectivity index is 0. The monoisotopic (exact) mass is 319 g/mol. The van der Waals surface area contributed by atoms with E-state index in [4.69, 9.17) is 14.9 Å². The summed E-state index contributed by atoms with van der Waals surface area (Å²) in [5, 5.41) is 17.2. The highest BCUT2D eigenvalue weighted by Crippen LogP contribution is 2.19. The number of esters is 1. The lowest BCUT2D eigenvalue weighted by molar-refractivity contribution is -0.150. The number of aliphatic hydroxyl groups excluding tert-OH is 1. The van der Waals surface area contributed by atoms with Crippen molar-refractivity contribution in [2.75, 3.05) is 13.2 Å². The van der Waals surface area contributed by atoms with Gasteiger partial charge < -0.3 is 21.1 Å². The molecule has 0 aliphatic carbocycles. The first-order chi connectivity index (χ1) is 10.1. The third-order valence-corrected chi connectivity index (χ3v) is 3.52. The summed E-state index contributed by atoms with van der Waals surface area (Å²) in [5.41, 5.74) is 0. The summed E-state index contributed by atoms with van der Waals surface area (Å²) in [4.78, 5) is 22.2. The number of ether oxygens (including phenoxy) is 1. The van der Waals surface area contributed by atoms with E-state index in [2.05, 4.69) is 6.92 Å². The minimum Gasteiger partial charge on any atom is -0.481 e. The first-order valence-electron chi connectivity index (χ1n) is 8.11. The normalized spacial score (nSPS) is 11.5. The van der Waals surface area contributed by atoms with Gasteiger partial charge in [0.15, 0.2) is 0 Å². The molecule has 132 valence electrons. The first-order valence-corrected chi connectivity index (χ1v) is 8.11. The Morgan fingerprint density at radius 2 is 1.59 bits per heavy atom. The highest BCUT2D eigenvalue weighted by molar-refractivity contribution is 5.72. The summed E-state index contributed by atoms with van der Waals surface area (Å²) in [6.07, 6.45) is 8.64. The van der Waals surface area contributed by atoms with Gasteiger partial charge in [-0.05, 0) is 19.3 Å². The van der Waals surface area contributed by atoms with E-state index in [-0.39, 0.29) is 37.7 Å². The van der Waals surface area contributed by atoms with Gasteiger partial charge in [0.1, 0.15) is 6.61 Å². The summed E-state index contributed by atoms with van der Waals surface area (Å²) in [5.74, 6) is -0.986. The van der Waals surface area contributed by atoms with Gasteiger partial charge in [-0.25, -0.2) is 0 Å². The topological polar surface area (TPSA) is 119 Å². The maximum absolute atomic E-state index is 11.9. The number of carbonyl (C=O) groups is 2. The molecule has 22 heavy (non-hydrogen) atoms. The molecule has 0 aliphatic rings. The van der Waals surface area contributed by atoms with Gasteiger partial charge in [-0.1, -0.05) is 45.4 Å². The van der Waals surface area contributed by atoms with E-state index in [9.17, 15) is 9.59 Å². The lowest BCUT2D eigenvalue weighted by Crippen LogP contribution is -2.19. The molecule has 6 heteroatoms. The molecule has 0 aromatic heterocycles. The fourth-order valence-electron chi connectivity index (χ4n) is 2.29. The predicted octanol–water partition coefficient (Wildman–Crippen LogP) is 3.31. The number of carboxylic acids is 1. The molecular weight excluding hydrogens is 286 g/mol. The zero-order valence-corrected chi connectivity index (χ0v) is 13.9. The Morgan fingerprint density at radius 3 is 2.18 bits per heavy atom. The molecule has 0 aliphatic heterocycles. The highest BCUT2D eigenvalue weighted by Gasteiger charge is 2.18. The number of hydrogen-bond acceptors (Lipinski definition) is 5. The quantitative estimate of drug-likeness (QED) is 0.334. The molecule has 0 fully saturated rings. The smallest absolute Gasteiger partial charge is 0.309 e. The van der Waals surface area contributed by atoms with E-state index in [0.29, 0.717) is 0 Å². The second-order valence-electron chi connectivity index (χ2n) is 5.43. The average molecular weight is 319 g/mol. The van der Waals surface area contributed by atoms with Gasteiger partial charge in [0, 0.05) is 6.42 Å². The lowest BCUT2D eigenvalue weighted by Gasteiger charge is -2.15. The summed E-state index contributed by atoms with van der Waals surface area (Å²) in [7, 11) is 0. The van der Waals surface area contributed by atoms with E-state index >= 15 is 0 Å². The molecule has 0 aromatic carbocycles. The van der Waals surface area contributed by atoms with Crippen molar-refractivity contribution in [3.63, 3.8) is 0 Å². The molecule has 0 rings (SSSR count). The van der Waals surface area contributed by atoms with E-state index in [1.807, 2.05) is 0 Å². The van der Waals surface area contributed by atoms with Crippen LogP contribution < -0.4 is 6.15 Å². The van der Waals surface area contributed by atoms with Crippen LogP contribution in [0.4, 0.5) is 0 Å². The second kappa shape index (κ2) is 16.2. The van der Waals surface area contributed by atoms with Crippen LogP contribution in [0.2, 0.25) is 0 Å². The van der Waals surface area contributed by atoms with Gasteiger partial charge >= 0.3 is 11.9 Å². The number of carboxylic acid groups (broad SMARTS) is 1. The molecule has 0 saturated heterocycles.